The Morgan fingerprint density at radius 3 is 2.31 bits per heavy atom. The lowest BCUT2D eigenvalue weighted by molar-refractivity contribution is -0.884. The van der Waals surface area contributed by atoms with Gasteiger partial charge in [-0.05, 0) is 26.7 Å². The number of ketones is 1. The molecular weight excluding hydrogens is 207 g/mol. The van der Waals surface area contributed by atoms with E-state index in [-0.39, 0.29) is 23.8 Å². The second kappa shape index (κ2) is 4.53. The number of likely N-dealkylation sites (tertiary alicyclic amines) is 1. The van der Waals surface area contributed by atoms with Gasteiger partial charge in [0, 0.05) is 6.54 Å². The Morgan fingerprint density at radius 1 is 1.31 bits per heavy atom. The van der Waals surface area contributed by atoms with Crippen LogP contribution in [0.15, 0.2) is 0 Å². The Kier molecular flexibility index (Phi) is 3.73. The fourth-order valence-corrected chi connectivity index (χ4v) is 2.02. The summed E-state index contributed by atoms with van der Waals surface area (Å²) in [7, 11) is 6.00. The number of carbonyl (C=O) groups excluding carboxylic acids is 2. The van der Waals surface area contributed by atoms with Crippen LogP contribution in [0.2, 0.25) is 0 Å². The van der Waals surface area contributed by atoms with E-state index in [1.165, 1.54) is 0 Å². The monoisotopic (exact) mass is 230 g/mol. The fraction of sp³-hybridized carbons (Fsp3) is 0.833. The highest BCUT2D eigenvalue weighted by Gasteiger charge is 2.38. The zero-order valence-corrected chi connectivity index (χ0v) is 11.0. The molecule has 1 heterocycles. The molecule has 1 fully saturated rings. The third kappa shape index (κ3) is 2.61. The largest absolute Gasteiger partial charge is 0.328 e. The van der Waals surface area contributed by atoms with Gasteiger partial charge in [-0.25, -0.2) is 0 Å². The lowest BCUT2D eigenvalue weighted by Gasteiger charge is -2.34. The smallest absolute Gasteiger partial charge is 0.281 e. The van der Waals surface area contributed by atoms with E-state index in [9.17, 15) is 9.59 Å². The van der Waals surface area contributed by atoms with Crippen LogP contribution in [0.3, 0.4) is 0 Å². The minimum Gasteiger partial charge on any atom is -0.328 e. The van der Waals surface area contributed by atoms with Crippen LogP contribution in [-0.4, -0.2) is 60.8 Å². The molecule has 1 aliphatic heterocycles. The number of nitrogens with zero attached hydrogens (tertiary/aromatic N) is 2. The van der Waals surface area contributed by atoms with E-state index in [4.69, 9.17) is 0 Å². The summed E-state index contributed by atoms with van der Waals surface area (Å²) < 4.78 is 0.597. The zero-order valence-electron chi connectivity index (χ0n) is 11.0. The highest BCUT2D eigenvalue weighted by molar-refractivity contribution is 5.89. The summed E-state index contributed by atoms with van der Waals surface area (Å²) in [5.41, 5.74) is 0. The van der Waals surface area contributed by atoms with E-state index >= 15 is 0 Å². The van der Waals surface area contributed by atoms with Gasteiger partial charge < -0.3 is 9.38 Å². The summed E-state index contributed by atoms with van der Waals surface area (Å²) in [5, 5.41) is 0. The summed E-state index contributed by atoms with van der Waals surface area (Å²) in [6.45, 7) is 4.23. The van der Waals surface area contributed by atoms with Gasteiger partial charge in [0.05, 0.1) is 27.2 Å². The van der Waals surface area contributed by atoms with Gasteiger partial charge in [-0.2, -0.15) is 0 Å². The number of amides is 1. The Hall–Kier alpha value is -0.900. The van der Waals surface area contributed by atoms with Gasteiger partial charge in [-0.3, -0.25) is 9.59 Å². The second-order valence-electron chi connectivity index (χ2n) is 5.59. The molecule has 2 atom stereocenters. The van der Waals surface area contributed by atoms with Crippen molar-refractivity contribution in [3.8, 4) is 0 Å². The van der Waals surface area contributed by atoms with Gasteiger partial charge in [0.1, 0.15) is 0 Å². The van der Waals surface area contributed by atoms with Crippen molar-refractivity contribution < 1.29 is 14.1 Å². The molecule has 0 unspecified atom stereocenters. The van der Waals surface area contributed by atoms with Crippen molar-refractivity contribution in [1.29, 1.82) is 0 Å². The fourth-order valence-electron chi connectivity index (χ4n) is 2.02. The SMILES string of the molecule is CC(=O)[C@@H]1CCCN1C(=O)[C@H](C)[N+]([13CH3])([13CH3])[13CH3]. The Labute approximate surface area is 97.8 Å². The molecule has 0 aromatic heterocycles. The summed E-state index contributed by atoms with van der Waals surface area (Å²) in [6, 6.07) is -0.276. The molecule has 4 nitrogen and oxygen atoms in total. The molecule has 0 radical (unpaired) electrons. The molecule has 0 spiro atoms. The predicted octanol–water partition coefficient (Wildman–Crippen LogP) is 0.661. The second-order valence-corrected chi connectivity index (χ2v) is 5.59. The molecule has 1 saturated heterocycles. The maximum atomic E-state index is 12.3. The number of carbonyl (C=O) groups is 2. The molecule has 0 aromatic rings. The van der Waals surface area contributed by atoms with Crippen LogP contribution in [0, 0.1) is 0 Å². The van der Waals surface area contributed by atoms with Crippen molar-refractivity contribution in [2.75, 3.05) is 27.7 Å². The summed E-state index contributed by atoms with van der Waals surface area (Å²) in [4.78, 5) is 25.5. The molecule has 0 N–H and O–H groups in total. The molecule has 0 bridgehead atoms. The van der Waals surface area contributed by atoms with E-state index in [1.807, 2.05) is 28.1 Å². The van der Waals surface area contributed by atoms with Crippen LogP contribution in [0.25, 0.3) is 0 Å². The first-order chi connectivity index (χ1) is 7.25. The predicted molar refractivity (Wildman–Crippen MR) is 62.9 cm³/mol. The minimum absolute atomic E-state index is 0.0973. The first-order valence-electron chi connectivity index (χ1n) is 5.87. The van der Waals surface area contributed by atoms with Gasteiger partial charge in [-0.1, -0.05) is 0 Å². The number of hydrogen-bond acceptors (Lipinski definition) is 2. The number of rotatable bonds is 3. The average Bonchev–Trinajstić information content (AvgIpc) is 2.62. The van der Waals surface area contributed by atoms with E-state index in [2.05, 4.69) is 0 Å². The molecule has 0 aliphatic carbocycles. The molecule has 1 amide bonds. The Balaban J connectivity index is 2.77. The molecule has 1 aliphatic rings. The van der Waals surface area contributed by atoms with E-state index in [1.54, 1.807) is 11.8 Å². The van der Waals surface area contributed by atoms with Crippen LogP contribution >= 0.6 is 0 Å². The molecule has 16 heavy (non-hydrogen) atoms. The minimum atomic E-state index is -0.179. The van der Waals surface area contributed by atoms with E-state index in [0.717, 1.165) is 19.4 Å². The van der Waals surface area contributed by atoms with Crippen molar-refractivity contribution in [2.24, 2.45) is 0 Å². The quantitative estimate of drug-likeness (QED) is 0.527. The van der Waals surface area contributed by atoms with Gasteiger partial charge in [0.15, 0.2) is 11.8 Å². The molecular formula is C12H23N2O2+. The summed E-state index contributed by atoms with van der Waals surface area (Å²) >= 11 is 0. The van der Waals surface area contributed by atoms with E-state index in [0.29, 0.717) is 4.48 Å². The number of quaternary nitrogens is 1. The highest BCUT2D eigenvalue weighted by Crippen LogP contribution is 2.20. The van der Waals surface area contributed by atoms with Gasteiger partial charge >= 0.3 is 0 Å². The molecule has 1 rings (SSSR count). The maximum Gasteiger partial charge on any atom is 0.281 e. The van der Waals surface area contributed by atoms with Crippen molar-refractivity contribution in [1.82, 2.24) is 4.90 Å². The van der Waals surface area contributed by atoms with Crippen LogP contribution in [0.4, 0.5) is 0 Å². The number of likely N-dealkylation sites (N-methyl/N-ethyl adjacent to an activating group) is 1. The number of hydrogen-bond donors (Lipinski definition) is 0. The van der Waals surface area contributed by atoms with Crippen LogP contribution in [0.1, 0.15) is 26.7 Å². The normalized spacial score (nSPS) is 23.3. The molecule has 4 heteroatoms. The van der Waals surface area contributed by atoms with Crippen LogP contribution in [-0.2, 0) is 9.59 Å². The lowest BCUT2D eigenvalue weighted by Crippen LogP contribution is -2.55. The van der Waals surface area contributed by atoms with Crippen molar-refractivity contribution in [3.63, 3.8) is 0 Å². The Bertz CT molecular complexity index is 294. The highest BCUT2D eigenvalue weighted by atomic mass is 16.2. The summed E-state index contributed by atoms with van der Waals surface area (Å²) in [6.07, 6.45) is 1.77. The van der Waals surface area contributed by atoms with Crippen LogP contribution < -0.4 is 0 Å². The standard InChI is InChI=1S/C12H23N2O2/c1-9(14(3,4)5)12(16)13-8-6-7-11(13)10(2)15/h9,11H,6-8H2,1-5H3/q+1/t9-,11-/m0/s1/i3+1,4+1,5+1. The first kappa shape index (κ1) is 13.2. The van der Waals surface area contributed by atoms with Crippen LogP contribution in [0.5, 0.6) is 0 Å². The average molecular weight is 230 g/mol. The number of Topliss-reactive ketones (excluding diaryl/α,β-unsaturated/α-hetero) is 1. The maximum absolute atomic E-state index is 12.3. The van der Waals surface area contributed by atoms with Gasteiger partial charge in [0.2, 0.25) is 0 Å². The third-order valence-electron chi connectivity index (χ3n) is 3.52. The zero-order chi connectivity index (χ0) is 12.5. The summed E-state index contributed by atoms with van der Waals surface area (Å²) in [5.74, 6) is 0.213. The van der Waals surface area contributed by atoms with Crippen molar-refractivity contribution in [3.05, 3.63) is 0 Å². The van der Waals surface area contributed by atoms with E-state index < -0.39 is 0 Å². The third-order valence-corrected chi connectivity index (χ3v) is 3.52. The lowest BCUT2D eigenvalue weighted by atomic mass is 10.1. The van der Waals surface area contributed by atoms with Gasteiger partial charge in [0.25, 0.3) is 5.91 Å². The first-order valence-corrected chi connectivity index (χ1v) is 5.87. The van der Waals surface area contributed by atoms with Gasteiger partial charge in [-0.15, -0.1) is 0 Å². The van der Waals surface area contributed by atoms with Crippen molar-refractivity contribution in [2.45, 2.75) is 38.8 Å². The molecule has 92 valence electrons. The molecule has 0 aromatic carbocycles. The molecule has 0 saturated carbocycles. The van der Waals surface area contributed by atoms with Crippen molar-refractivity contribution >= 4 is 11.7 Å². The Morgan fingerprint density at radius 2 is 1.88 bits per heavy atom. The topological polar surface area (TPSA) is 37.4 Å².